The van der Waals surface area contributed by atoms with Crippen LogP contribution in [-0.4, -0.2) is 11.0 Å². The molecule has 0 heterocycles. The van der Waals surface area contributed by atoms with Crippen molar-refractivity contribution in [2.75, 3.05) is 0 Å². The average Bonchev–Trinajstić information content (AvgIpc) is 2.13. The topological polar surface area (TPSA) is 56.1 Å². The molecule has 0 radical (unpaired) electrons. The quantitative estimate of drug-likeness (QED) is 0.330. The highest BCUT2D eigenvalue weighted by Gasteiger charge is 2.65. The maximum Gasteiger partial charge on any atom is 0.310 e. The predicted octanol–water partition coefficient (Wildman–Crippen LogP) is 3.65. The lowest BCUT2D eigenvalue weighted by atomic mass is 10.2. The van der Waals surface area contributed by atoms with E-state index in [2.05, 4.69) is 0 Å². The molecule has 1 aromatic carbocycles. The van der Waals surface area contributed by atoms with E-state index in [0.717, 1.165) is 0 Å². The molecule has 0 aromatic heterocycles. The minimum atomic E-state index is -9.66. The van der Waals surface area contributed by atoms with Gasteiger partial charge in [-0.25, -0.2) is 0 Å². The molecule has 0 fully saturated rings. The van der Waals surface area contributed by atoms with Crippen LogP contribution < -0.4 is 5.48 Å². The Bertz CT molecular complexity index is 426. The normalized spacial score (nSPS) is 16.1. The van der Waals surface area contributed by atoms with Gasteiger partial charge in [0.1, 0.15) is 10.7 Å². The first-order valence-corrected chi connectivity index (χ1v) is 5.72. The molecule has 0 atom stereocenters. The monoisotopic (exact) mass is 262 g/mol. The summed E-state index contributed by atoms with van der Waals surface area (Å²) in [5.41, 5.74) is 1.24. The van der Waals surface area contributed by atoms with Crippen LogP contribution in [0.15, 0.2) is 29.2 Å². The van der Waals surface area contributed by atoms with Crippen LogP contribution in [-0.2, 0) is 0 Å². The Morgan fingerprint density at radius 2 is 1.50 bits per heavy atom. The van der Waals surface area contributed by atoms with Crippen molar-refractivity contribution in [1.29, 1.82) is 5.41 Å². The van der Waals surface area contributed by atoms with Gasteiger partial charge in [-0.1, -0.05) is 19.4 Å². The third kappa shape index (κ3) is 2.83. The Morgan fingerprint density at radius 3 is 1.81 bits per heavy atom. The zero-order chi connectivity index (χ0) is 12.7. The summed E-state index contributed by atoms with van der Waals surface area (Å²) in [7, 11) is -9.66. The number of rotatable bonds is 2. The maximum atomic E-state index is 12.2. The van der Waals surface area contributed by atoms with Crippen LogP contribution in [0.4, 0.5) is 19.4 Å². The summed E-state index contributed by atoms with van der Waals surface area (Å²) in [6, 6.07) is 1.67. The number of hydroxylamine groups is 1. The number of hydrogen-bond donors (Lipinski definition) is 3. The molecule has 0 saturated heterocycles. The fraction of sp³-hybridized carbons (Fsp3) is 0. The van der Waals surface area contributed by atoms with Gasteiger partial charge in [-0.2, -0.15) is 0 Å². The number of amidine groups is 1. The summed E-state index contributed by atoms with van der Waals surface area (Å²) >= 11 is 0. The molecule has 0 unspecified atom stereocenters. The van der Waals surface area contributed by atoms with Gasteiger partial charge in [0.25, 0.3) is 0 Å². The zero-order valence-corrected chi connectivity index (χ0v) is 8.37. The molecular formula is C7H7F5N2OS. The lowest BCUT2D eigenvalue weighted by Crippen LogP contribution is -2.18. The van der Waals surface area contributed by atoms with E-state index in [1.165, 1.54) is 5.48 Å². The first-order valence-electron chi connectivity index (χ1n) is 3.77. The van der Waals surface area contributed by atoms with Crippen LogP contribution in [0.1, 0.15) is 5.56 Å². The molecule has 3 N–H and O–H groups in total. The summed E-state index contributed by atoms with van der Waals surface area (Å²) in [5.74, 6) is -0.589. The zero-order valence-electron chi connectivity index (χ0n) is 7.55. The Balaban J connectivity index is 3.21. The van der Waals surface area contributed by atoms with Gasteiger partial charge in [0, 0.05) is 5.56 Å². The minimum absolute atomic E-state index is 0.145. The number of benzene rings is 1. The molecule has 0 bridgehead atoms. The Hall–Kier alpha value is -1.35. The molecule has 92 valence electrons. The van der Waals surface area contributed by atoms with Crippen molar-refractivity contribution in [1.82, 2.24) is 5.48 Å². The van der Waals surface area contributed by atoms with E-state index in [0.29, 0.717) is 12.1 Å². The second-order valence-electron chi connectivity index (χ2n) is 2.98. The summed E-state index contributed by atoms with van der Waals surface area (Å²) in [6.07, 6.45) is 0. The molecule has 1 rings (SSSR count). The first kappa shape index (κ1) is 12.7. The molecule has 0 aliphatic carbocycles. The minimum Gasteiger partial charge on any atom is -0.290 e. The van der Waals surface area contributed by atoms with Crippen molar-refractivity contribution >= 4 is 16.1 Å². The number of nitrogens with one attached hydrogen (secondary N) is 2. The van der Waals surface area contributed by atoms with Gasteiger partial charge in [0.2, 0.25) is 0 Å². The summed E-state index contributed by atoms with van der Waals surface area (Å²) < 4.78 is 61.2. The van der Waals surface area contributed by atoms with E-state index >= 15 is 0 Å². The van der Waals surface area contributed by atoms with E-state index in [1.807, 2.05) is 0 Å². The van der Waals surface area contributed by atoms with Gasteiger partial charge in [0.05, 0.1) is 0 Å². The van der Waals surface area contributed by atoms with Crippen LogP contribution >= 0.6 is 10.2 Å². The highest BCUT2D eigenvalue weighted by atomic mass is 32.5. The fourth-order valence-electron chi connectivity index (χ4n) is 0.943. The van der Waals surface area contributed by atoms with E-state index in [1.54, 1.807) is 0 Å². The molecule has 0 saturated carbocycles. The smallest absolute Gasteiger partial charge is 0.290 e. The van der Waals surface area contributed by atoms with Crippen molar-refractivity contribution < 1.29 is 24.6 Å². The molecular weight excluding hydrogens is 255 g/mol. The fourth-order valence-corrected chi connectivity index (χ4v) is 1.59. The first-order chi connectivity index (χ1) is 6.94. The molecule has 0 aliphatic rings. The lowest BCUT2D eigenvalue weighted by molar-refractivity contribution is 0.234. The second kappa shape index (κ2) is 2.86. The van der Waals surface area contributed by atoms with Crippen LogP contribution in [0.3, 0.4) is 0 Å². The van der Waals surface area contributed by atoms with E-state index in [4.69, 9.17) is 10.6 Å². The average molecular weight is 262 g/mol. The van der Waals surface area contributed by atoms with E-state index < -0.39 is 21.0 Å². The SMILES string of the molecule is N=C(NO)c1ccc(S(F)(F)(F)(F)F)cc1. The van der Waals surface area contributed by atoms with Crippen molar-refractivity contribution in [2.45, 2.75) is 4.90 Å². The van der Waals surface area contributed by atoms with Crippen molar-refractivity contribution in [3.8, 4) is 0 Å². The third-order valence-corrected chi connectivity index (χ3v) is 2.86. The van der Waals surface area contributed by atoms with Crippen LogP contribution in [0.5, 0.6) is 0 Å². The van der Waals surface area contributed by atoms with E-state index in [9.17, 15) is 19.4 Å². The standard InChI is InChI=1S/C7H7F5N2OS/c8-16(9,10,11,12)6-3-1-5(2-4-6)7(13)14-15/h1-4,15H,(H2,13,14). The molecule has 1 aromatic rings. The molecule has 16 heavy (non-hydrogen) atoms. The third-order valence-electron chi connectivity index (χ3n) is 1.70. The Labute approximate surface area is 87.1 Å². The van der Waals surface area contributed by atoms with E-state index in [-0.39, 0.29) is 17.7 Å². The number of hydrogen-bond acceptors (Lipinski definition) is 2. The molecule has 0 aliphatic heterocycles. The Kier molecular flexibility index (Phi) is 2.27. The summed E-state index contributed by atoms with van der Waals surface area (Å²) in [6.45, 7) is 0. The van der Waals surface area contributed by atoms with Crippen LogP contribution in [0.25, 0.3) is 0 Å². The van der Waals surface area contributed by atoms with Gasteiger partial charge in [-0.3, -0.25) is 16.1 Å². The van der Waals surface area contributed by atoms with Gasteiger partial charge < -0.3 is 0 Å². The molecule has 3 nitrogen and oxygen atoms in total. The highest BCUT2D eigenvalue weighted by Crippen LogP contribution is 3.02. The second-order valence-corrected chi connectivity index (χ2v) is 5.39. The van der Waals surface area contributed by atoms with Crippen LogP contribution in [0, 0.1) is 5.41 Å². The number of halogens is 5. The molecule has 9 heteroatoms. The van der Waals surface area contributed by atoms with Gasteiger partial charge in [0.15, 0.2) is 0 Å². The van der Waals surface area contributed by atoms with Gasteiger partial charge >= 0.3 is 10.2 Å². The van der Waals surface area contributed by atoms with Crippen molar-refractivity contribution in [2.24, 2.45) is 0 Å². The van der Waals surface area contributed by atoms with Crippen molar-refractivity contribution in [3.63, 3.8) is 0 Å². The van der Waals surface area contributed by atoms with Crippen LogP contribution in [0.2, 0.25) is 0 Å². The van der Waals surface area contributed by atoms with Gasteiger partial charge in [-0.15, -0.1) is 0 Å². The maximum absolute atomic E-state index is 12.2. The lowest BCUT2D eigenvalue weighted by Gasteiger charge is -2.40. The molecule has 0 spiro atoms. The predicted molar refractivity (Wildman–Crippen MR) is 49.6 cm³/mol. The summed E-state index contributed by atoms with van der Waals surface area (Å²) in [4.78, 5) is -2.03. The summed E-state index contributed by atoms with van der Waals surface area (Å²) in [5, 5.41) is 15.3. The highest BCUT2D eigenvalue weighted by molar-refractivity contribution is 8.45. The molecule has 0 amide bonds. The largest absolute Gasteiger partial charge is 0.310 e. The Morgan fingerprint density at radius 1 is 1.06 bits per heavy atom. The van der Waals surface area contributed by atoms with Crippen molar-refractivity contribution in [3.05, 3.63) is 29.8 Å². The van der Waals surface area contributed by atoms with Gasteiger partial charge in [-0.05, 0) is 24.3 Å².